The zero-order valence-corrected chi connectivity index (χ0v) is 11.5. The molecule has 1 atom stereocenters. The van der Waals surface area contributed by atoms with E-state index < -0.39 is 0 Å². The monoisotopic (exact) mass is 258 g/mol. The van der Waals surface area contributed by atoms with Gasteiger partial charge in [-0.15, -0.1) is 0 Å². The summed E-state index contributed by atoms with van der Waals surface area (Å²) in [4.78, 5) is 12.5. The van der Waals surface area contributed by atoms with Gasteiger partial charge in [0, 0.05) is 6.04 Å². The number of nitrogens with one attached hydrogen (secondary N) is 2. The summed E-state index contributed by atoms with van der Waals surface area (Å²) < 4.78 is 0. The van der Waals surface area contributed by atoms with E-state index in [1.165, 1.54) is 17.5 Å². The highest BCUT2D eigenvalue weighted by atomic mass is 16.2. The molecule has 1 unspecified atom stereocenters. The average molecular weight is 258 g/mol. The van der Waals surface area contributed by atoms with Crippen LogP contribution in [0.3, 0.4) is 0 Å². The van der Waals surface area contributed by atoms with Crippen LogP contribution in [0.2, 0.25) is 0 Å². The van der Waals surface area contributed by atoms with Crippen molar-refractivity contribution in [3.8, 4) is 0 Å². The Hall–Kier alpha value is -1.35. The maximum atomic E-state index is 12.5. The standard InChI is InChI=1S/C16H22N2O/c1-16(8-4-5-9-17-16)15(19)18-14-10-12-6-2-3-7-13(12)11-14/h2-3,6-7,14,17H,4-5,8-11H2,1H3,(H,18,19). The third-order valence-electron chi connectivity index (χ3n) is 4.51. The second-order valence-corrected chi connectivity index (χ2v) is 6.06. The quantitative estimate of drug-likeness (QED) is 0.849. The van der Waals surface area contributed by atoms with E-state index in [2.05, 4.69) is 34.9 Å². The van der Waals surface area contributed by atoms with Crippen molar-refractivity contribution in [1.29, 1.82) is 0 Å². The molecule has 3 heteroatoms. The first-order valence-electron chi connectivity index (χ1n) is 7.30. The lowest BCUT2D eigenvalue weighted by molar-refractivity contribution is -0.128. The summed E-state index contributed by atoms with van der Waals surface area (Å²) in [7, 11) is 0. The zero-order chi connectivity index (χ0) is 13.3. The van der Waals surface area contributed by atoms with Gasteiger partial charge in [-0.3, -0.25) is 4.79 Å². The molecule has 19 heavy (non-hydrogen) atoms. The van der Waals surface area contributed by atoms with Crippen LogP contribution in [0.1, 0.15) is 37.3 Å². The van der Waals surface area contributed by atoms with Gasteiger partial charge in [0.1, 0.15) is 0 Å². The van der Waals surface area contributed by atoms with E-state index in [1.54, 1.807) is 0 Å². The Labute approximate surface area is 114 Å². The summed E-state index contributed by atoms with van der Waals surface area (Å²) in [5.41, 5.74) is 2.40. The molecule has 1 aliphatic carbocycles. The third-order valence-corrected chi connectivity index (χ3v) is 4.51. The molecule has 1 aromatic rings. The second-order valence-electron chi connectivity index (χ2n) is 6.06. The fraction of sp³-hybridized carbons (Fsp3) is 0.562. The van der Waals surface area contributed by atoms with Crippen LogP contribution < -0.4 is 10.6 Å². The number of rotatable bonds is 2. The van der Waals surface area contributed by atoms with E-state index in [1.807, 2.05) is 6.92 Å². The molecule has 102 valence electrons. The number of amides is 1. The van der Waals surface area contributed by atoms with Crippen LogP contribution in [0, 0.1) is 0 Å². The number of benzene rings is 1. The van der Waals surface area contributed by atoms with E-state index in [0.717, 1.165) is 32.2 Å². The normalized spacial score (nSPS) is 27.0. The lowest BCUT2D eigenvalue weighted by atomic mass is 9.89. The van der Waals surface area contributed by atoms with Crippen molar-refractivity contribution in [3.63, 3.8) is 0 Å². The van der Waals surface area contributed by atoms with Crippen LogP contribution in [0.25, 0.3) is 0 Å². The molecule has 0 bridgehead atoms. The minimum Gasteiger partial charge on any atom is -0.351 e. The molecule has 3 rings (SSSR count). The van der Waals surface area contributed by atoms with Crippen LogP contribution in [0.4, 0.5) is 0 Å². The van der Waals surface area contributed by atoms with E-state index in [-0.39, 0.29) is 17.5 Å². The van der Waals surface area contributed by atoms with Gasteiger partial charge in [0.2, 0.25) is 5.91 Å². The Balaban J connectivity index is 1.63. The summed E-state index contributed by atoms with van der Waals surface area (Å²) in [5, 5.41) is 6.61. The maximum absolute atomic E-state index is 12.5. The Kier molecular flexibility index (Phi) is 3.31. The van der Waals surface area contributed by atoms with Gasteiger partial charge in [-0.05, 0) is 56.7 Å². The number of hydrogen-bond acceptors (Lipinski definition) is 2. The maximum Gasteiger partial charge on any atom is 0.240 e. The second kappa shape index (κ2) is 4.97. The van der Waals surface area contributed by atoms with Gasteiger partial charge in [0.05, 0.1) is 5.54 Å². The fourth-order valence-corrected chi connectivity index (χ4v) is 3.26. The predicted molar refractivity (Wildman–Crippen MR) is 76.0 cm³/mol. The van der Waals surface area contributed by atoms with Crippen LogP contribution in [0.15, 0.2) is 24.3 Å². The minimum atomic E-state index is -0.368. The van der Waals surface area contributed by atoms with E-state index in [0.29, 0.717) is 0 Å². The van der Waals surface area contributed by atoms with Gasteiger partial charge in [-0.1, -0.05) is 24.3 Å². The molecular formula is C16H22N2O. The van der Waals surface area contributed by atoms with Crippen molar-refractivity contribution < 1.29 is 4.79 Å². The predicted octanol–water partition coefficient (Wildman–Crippen LogP) is 1.80. The largest absolute Gasteiger partial charge is 0.351 e. The molecule has 1 saturated heterocycles. The third kappa shape index (κ3) is 2.52. The van der Waals surface area contributed by atoms with Crippen molar-refractivity contribution in [3.05, 3.63) is 35.4 Å². The molecular weight excluding hydrogens is 236 g/mol. The average Bonchev–Trinajstić information content (AvgIpc) is 2.81. The van der Waals surface area contributed by atoms with E-state index in [9.17, 15) is 4.79 Å². The van der Waals surface area contributed by atoms with Gasteiger partial charge < -0.3 is 10.6 Å². The Morgan fingerprint density at radius 2 is 1.95 bits per heavy atom. The number of fused-ring (bicyclic) bond motifs is 1. The smallest absolute Gasteiger partial charge is 0.240 e. The number of carbonyl (C=O) groups is 1. The van der Waals surface area contributed by atoms with Crippen molar-refractivity contribution >= 4 is 5.91 Å². The first-order chi connectivity index (χ1) is 9.17. The zero-order valence-electron chi connectivity index (χ0n) is 11.5. The van der Waals surface area contributed by atoms with Gasteiger partial charge in [0.15, 0.2) is 0 Å². The van der Waals surface area contributed by atoms with Gasteiger partial charge in [0.25, 0.3) is 0 Å². The van der Waals surface area contributed by atoms with E-state index >= 15 is 0 Å². The van der Waals surface area contributed by atoms with E-state index in [4.69, 9.17) is 0 Å². The molecule has 0 aromatic heterocycles. The number of piperidine rings is 1. The highest BCUT2D eigenvalue weighted by Gasteiger charge is 2.36. The molecule has 3 nitrogen and oxygen atoms in total. The Bertz CT molecular complexity index is 452. The molecule has 1 amide bonds. The number of hydrogen-bond donors (Lipinski definition) is 2. The van der Waals surface area contributed by atoms with Gasteiger partial charge in [-0.2, -0.15) is 0 Å². The summed E-state index contributed by atoms with van der Waals surface area (Å²) in [6.45, 7) is 2.98. The molecule has 1 aliphatic heterocycles. The first kappa shape index (κ1) is 12.7. The lowest BCUT2D eigenvalue weighted by Crippen LogP contribution is -2.58. The van der Waals surface area contributed by atoms with Crippen LogP contribution in [0.5, 0.6) is 0 Å². The van der Waals surface area contributed by atoms with Crippen LogP contribution in [-0.2, 0) is 17.6 Å². The lowest BCUT2D eigenvalue weighted by Gasteiger charge is -2.34. The Morgan fingerprint density at radius 3 is 2.53 bits per heavy atom. The molecule has 1 aromatic carbocycles. The molecule has 0 radical (unpaired) electrons. The summed E-state index contributed by atoms with van der Waals surface area (Å²) in [6, 6.07) is 8.76. The minimum absolute atomic E-state index is 0.171. The fourth-order valence-electron chi connectivity index (χ4n) is 3.26. The molecule has 0 saturated carbocycles. The summed E-state index contributed by atoms with van der Waals surface area (Å²) in [6.07, 6.45) is 5.20. The number of carbonyl (C=O) groups excluding carboxylic acids is 1. The topological polar surface area (TPSA) is 41.1 Å². The summed E-state index contributed by atoms with van der Waals surface area (Å²) in [5.74, 6) is 0.171. The van der Waals surface area contributed by atoms with Gasteiger partial charge in [-0.25, -0.2) is 0 Å². The van der Waals surface area contributed by atoms with Crippen molar-refractivity contribution in [1.82, 2.24) is 10.6 Å². The van der Waals surface area contributed by atoms with Crippen molar-refractivity contribution in [2.75, 3.05) is 6.54 Å². The highest BCUT2D eigenvalue weighted by Crippen LogP contribution is 2.23. The molecule has 0 spiro atoms. The van der Waals surface area contributed by atoms with Crippen molar-refractivity contribution in [2.45, 2.75) is 50.6 Å². The molecule has 2 N–H and O–H groups in total. The SMILES string of the molecule is CC1(C(=O)NC2Cc3ccccc3C2)CCCCN1. The van der Waals surface area contributed by atoms with Crippen LogP contribution in [-0.4, -0.2) is 24.0 Å². The molecule has 1 heterocycles. The highest BCUT2D eigenvalue weighted by molar-refractivity contribution is 5.86. The Morgan fingerprint density at radius 1 is 1.26 bits per heavy atom. The summed E-state index contributed by atoms with van der Waals surface area (Å²) >= 11 is 0. The van der Waals surface area contributed by atoms with Crippen molar-refractivity contribution in [2.24, 2.45) is 0 Å². The molecule has 1 fully saturated rings. The van der Waals surface area contributed by atoms with Crippen LogP contribution >= 0.6 is 0 Å². The first-order valence-corrected chi connectivity index (χ1v) is 7.30. The molecule has 2 aliphatic rings. The van der Waals surface area contributed by atoms with Gasteiger partial charge >= 0.3 is 0 Å².